The van der Waals surface area contributed by atoms with Crippen LogP contribution in [-0.2, 0) is 4.79 Å². The zero-order chi connectivity index (χ0) is 25.8. The third-order valence-electron chi connectivity index (χ3n) is 7.42. The van der Waals surface area contributed by atoms with Crippen LogP contribution in [0.4, 0.5) is 10.5 Å². The number of aromatic amines is 1. The van der Waals surface area contributed by atoms with E-state index in [1.54, 1.807) is 0 Å². The van der Waals surface area contributed by atoms with Gasteiger partial charge in [0.2, 0.25) is 5.91 Å². The van der Waals surface area contributed by atoms with Gasteiger partial charge in [-0.3, -0.25) is 4.79 Å². The number of carbonyl (C=O) groups is 2. The molecule has 1 aliphatic rings. The van der Waals surface area contributed by atoms with E-state index in [1.165, 1.54) is 5.56 Å². The van der Waals surface area contributed by atoms with Gasteiger partial charge in [0.25, 0.3) is 0 Å². The predicted octanol–water partition coefficient (Wildman–Crippen LogP) is 6.05. The van der Waals surface area contributed by atoms with E-state index in [1.807, 2.05) is 72.6 Å². The van der Waals surface area contributed by atoms with Crippen LogP contribution in [0.3, 0.4) is 0 Å². The van der Waals surface area contributed by atoms with Crippen molar-refractivity contribution < 1.29 is 9.59 Å². The van der Waals surface area contributed by atoms with E-state index >= 15 is 0 Å². The number of nitrogens with one attached hydrogen (secondary N) is 3. The highest BCUT2D eigenvalue weighted by Gasteiger charge is 2.32. The maximum absolute atomic E-state index is 13.6. The molecule has 1 aliphatic heterocycles. The third-order valence-corrected chi connectivity index (χ3v) is 7.42. The fourth-order valence-electron chi connectivity index (χ4n) is 5.30. The molecule has 3 amide bonds. The zero-order valence-corrected chi connectivity index (χ0v) is 21.1. The highest BCUT2D eigenvalue weighted by Crippen LogP contribution is 2.30. The van der Waals surface area contributed by atoms with Crippen LogP contribution in [0.2, 0.25) is 0 Å². The molecule has 3 N–H and O–H groups in total. The number of likely N-dealkylation sites (tertiary alicyclic amines) is 1. The molecule has 0 aliphatic carbocycles. The standard InChI is InChI=1S/C31H33N4O2/c1-21-9-8-12-25(19-21)33-30(36)29(22(2)27-20-32-28-14-7-6-13-26(27)28)34-31(37)35-17-15-24(16-18-35)23-10-4-3-5-11-23/h3-14,19-20,22,24,29,32H,1,15-18H2,2H3,(H,33,36)(H,34,37)/t22-,29+/m0/s1. The molecule has 0 bridgehead atoms. The van der Waals surface area contributed by atoms with Gasteiger partial charge in [0, 0.05) is 41.8 Å². The molecule has 1 radical (unpaired) electrons. The van der Waals surface area contributed by atoms with E-state index in [-0.39, 0.29) is 17.9 Å². The van der Waals surface area contributed by atoms with Crippen LogP contribution in [0, 0.1) is 6.92 Å². The summed E-state index contributed by atoms with van der Waals surface area (Å²) in [6.45, 7) is 7.25. The first kappa shape index (κ1) is 24.6. The van der Waals surface area contributed by atoms with E-state index in [2.05, 4.69) is 46.8 Å². The van der Waals surface area contributed by atoms with Gasteiger partial charge in [-0.2, -0.15) is 0 Å². The Hall–Kier alpha value is -4.06. The molecule has 37 heavy (non-hydrogen) atoms. The normalized spacial score (nSPS) is 15.8. The van der Waals surface area contributed by atoms with E-state index in [0.29, 0.717) is 24.7 Å². The highest BCUT2D eigenvalue weighted by atomic mass is 16.2. The number of nitrogens with zero attached hydrogens (tertiary/aromatic N) is 1. The van der Waals surface area contributed by atoms with Gasteiger partial charge in [0.05, 0.1) is 0 Å². The number of hydrogen-bond acceptors (Lipinski definition) is 2. The second-order valence-corrected chi connectivity index (χ2v) is 9.87. The Morgan fingerprint density at radius 2 is 1.70 bits per heavy atom. The maximum Gasteiger partial charge on any atom is 0.318 e. The number of fused-ring (bicyclic) bond motifs is 1. The van der Waals surface area contributed by atoms with Gasteiger partial charge in [-0.1, -0.05) is 67.6 Å². The zero-order valence-electron chi connectivity index (χ0n) is 21.1. The Morgan fingerprint density at radius 3 is 2.46 bits per heavy atom. The molecule has 0 saturated carbocycles. The monoisotopic (exact) mass is 493 g/mol. The molecule has 3 aromatic carbocycles. The van der Waals surface area contributed by atoms with Crippen LogP contribution < -0.4 is 10.6 Å². The average molecular weight is 494 g/mol. The number of amides is 3. The molecule has 1 saturated heterocycles. The van der Waals surface area contributed by atoms with Crippen LogP contribution >= 0.6 is 0 Å². The summed E-state index contributed by atoms with van der Waals surface area (Å²) in [5.74, 6) is -0.0646. The summed E-state index contributed by atoms with van der Waals surface area (Å²) in [4.78, 5) is 32.1. The van der Waals surface area contributed by atoms with Crippen LogP contribution in [0.1, 0.15) is 48.3 Å². The molecular formula is C31H33N4O2. The quantitative estimate of drug-likeness (QED) is 0.306. The molecule has 2 heterocycles. The van der Waals surface area contributed by atoms with E-state index in [0.717, 1.165) is 34.9 Å². The SMILES string of the molecule is [CH2]c1cccc(NC(=O)[C@H](NC(=O)N2CCC(c3ccccc3)CC2)[C@@H](C)c2c[nH]c3ccccc23)c1. The number of anilines is 1. The first-order chi connectivity index (χ1) is 18.0. The Balaban J connectivity index is 1.34. The molecule has 1 fully saturated rings. The molecule has 4 aromatic rings. The second-order valence-electron chi connectivity index (χ2n) is 9.87. The summed E-state index contributed by atoms with van der Waals surface area (Å²) in [7, 11) is 0. The second kappa shape index (κ2) is 10.9. The lowest BCUT2D eigenvalue weighted by molar-refractivity contribution is -0.118. The molecular weight excluding hydrogens is 460 g/mol. The van der Waals surface area contributed by atoms with Crippen molar-refractivity contribution in [2.24, 2.45) is 0 Å². The Bertz CT molecular complexity index is 1370. The molecule has 2 atom stereocenters. The smallest absolute Gasteiger partial charge is 0.318 e. The number of aromatic nitrogens is 1. The number of rotatable bonds is 6. The van der Waals surface area contributed by atoms with Crippen LogP contribution in [-0.4, -0.2) is 41.0 Å². The minimum atomic E-state index is -0.757. The van der Waals surface area contributed by atoms with Crippen molar-refractivity contribution in [2.45, 2.75) is 37.6 Å². The van der Waals surface area contributed by atoms with Gasteiger partial charge in [-0.05, 0) is 60.6 Å². The Kier molecular flexibility index (Phi) is 7.26. The summed E-state index contributed by atoms with van der Waals surface area (Å²) >= 11 is 0. The Labute approximate surface area is 218 Å². The summed E-state index contributed by atoms with van der Waals surface area (Å²) in [5.41, 5.74) is 4.78. The molecule has 6 nitrogen and oxygen atoms in total. The van der Waals surface area contributed by atoms with Gasteiger partial charge in [0.1, 0.15) is 6.04 Å². The maximum atomic E-state index is 13.6. The fourth-order valence-corrected chi connectivity index (χ4v) is 5.30. The van der Waals surface area contributed by atoms with Crippen molar-refractivity contribution in [3.63, 3.8) is 0 Å². The van der Waals surface area contributed by atoms with E-state index < -0.39 is 6.04 Å². The van der Waals surface area contributed by atoms with Crippen LogP contribution in [0.25, 0.3) is 10.9 Å². The molecule has 189 valence electrons. The number of benzene rings is 3. The summed E-state index contributed by atoms with van der Waals surface area (Å²) in [5, 5.41) is 7.11. The lowest BCUT2D eigenvalue weighted by Gasteiger charge is -2.34. The largest absolute Gasteiger partial charge is 0.361 e. The summed E-state index contributed by atoms with van der Waals surface area (Å²) in [6.07, 6.45) is 3.74. The number of urea groups is 1. The summed E-state index contributed by atoms with van der Waals surface area (Å²) < 4.78 is 0. The molecule has 0 spiro atoms. The Morgan fingerprint density at radius 1 is 0.973 bits per heavy atom. The van der Waals surface area contributed by atoms with Crippen LogP contribution in [0.15, 0.2) is 85.1 Å². The van der Waals surface area contributed by atoms with Crippen molar-refractivity contribution >= 4 is 28.5 Å². The van der Waals surface area contributed by atoms with Crippen molar-refractivity contribution in [3.8, 4) is 0 Å². The lowest BCUT2D eigenvalue weighted by atomic mass is 9.89. The molecule has 1 aromatic heterocycles. The van der Waals surface area contributed by atoms with E-state index in [4.69, 9.17) is 0 Å². The first-order valence-electron chi connectivity index (χ1n) is 12.9. The van der Waals surface area contributed by atoms with Crippen molar-refractivity contribution in [2.75, 3.05) is 18.4 Å². The first-order valence-corrected chi connectivity index (χ1v) is 12.9. The highest BCUT2D eigenvalue weighted by molar-refractivity contribution is 5.98. The molecule has 5 rings (SSSR count). The number of para-hydroxylation sites is 1. The van der Waals surface area contributed by atoms with Gasteiger partial charge < -0.3 is 20.5 Å². The number of piperidine rings is 1. The summed E-state index contributed by atoms with van der Waals surface area (Å²) in [6, 6.07) is 24.9. The number of hydrogen-bond donors (Lipinski definition) is 3. The van der Waals surface area contributed by atoms with Gasteiger partial charge in [-0.25, -0.2) is 4.79 Å². The lowest BCUT2D eigenvalue weighted by Crippen LogP contribution is -2.53. The van der Waals surface area contributed by atoms with E-state index in [9.17, 15) is 9.59 Å². The number of H-pyrrole nitrogens is 1. The van der Waals surface area contributed by atoms with Gasteiger partial charge in [0.15, 0.2) is 0 Å². The average Bonchev–Trinajstić information content (AvgIpc) is 3.36. The van der Waals surface area contributed by atoms with Crippen molar-refractivity contribution in [1.29, 1.82) is 0 Å². The number of carbonyl (C=O) groups excluding carboxylic acids is 2. The minimum Gasteiger partial charge on any atom is -0.361 e. The van der Waals surface area contributed by atoms with Crippen molar-refractivity contribution in [3.05, 3.63) is 109 Å². The minimum absolute atomic E-state index is 0.204. The van der Waals surface area contributed by atoms with Crippen LogP contribution in [0.5, 0.6) is 0 Å². The topological polar surface area (TPSA) is 77.2 Å². The molecule has 6 heteroatoms. The fraction of sp³-hybridized carbons (Fsp3) is 0.258. The predicted molar refractivity (Wildman–Crippen MR) is 149 cm³/mol. The van der Waals surface area contributed by atoms with Crippen molar-refractivity contribution in [1.82, 2.24) is 15.2 Å². The van der Waals surface area contributed by atoms with Gasteiger partial charge in [-0.15, -0.1) is 0 Å². The van der Waals surface area contributed by atoms with Gasteiger partial charge >= 0.3 is 6.03 Å². The third kappa shape index (κ3) is 5.53. The molecule has 0 unspecified atom stereocenters.